The fourth-order valence-electron chi connectivity index (χ4n) is 7.26. The van der Waals surface area contributed by atoms with E-state index in [1.54, 1.807) is 14.0 Å². The molecule has 2 aromatic carbocycles. The van der Waals surface area contributed by atoms with Crippen molar-refractivity contribution in [1.29, 1.82) is 0 Å². The van der Waals surface area contributed by atoms with Crippen LogP contribution in [0.25, 0.3) is 11.0 Å². The van der Waals surface area contributed by atoms with Crippen molar-refractivity contribution in [2.45, 2.75) is 135 Å². The smallest absolute Gasteiger partial charge is 0.336 e. The summed E-state index contributed by atoms with van der Waals surface area (Å²) in [7, 11) is 3.02. The van der Waals surface area contributed by atoms with E-state index in [4.69, 9.17) is 19.2 Å². The van der Waals surface area contributed by atoms with Gasteiger partial charge in [-0.2, -0.15) is 0 Å². The van der Waals surface area contributed by atoms with Gasteiger partial charge in [0, 0.05) is 22.7 Å². The third kappa shape index (κ3) is 11.4. The van der Waals surface area contributed by atoms with Gasteiger partial charge in [-0.25, -0.2) is 14.6 Å². The fraction of sp³-hybridized carbons (Fsp3) is 0.558. The highest BCUT2D eigenvalue weighted by molar-refractivity contribution is 7.99. The molecule has 0 spiro atoms. The molecule has 1 aliphatic rings. The van der Waals surface area contributed by atoms with E-state index in [1.807, 2.05) is 38.1 Å². The largest absolute Gasteiger partial charge is 0.496 e. The zero-order valence-corrected chi connectivity index (χ0v) is 33.3. The number of H-pyrrole nitrogens is 1. The maximum Gasteiger partial charge on any atom is 0.336 e. The van der Waals surface area contributed by atoms with Crippen molar-refractivity contribution in [3.63, 3.8) is 0 Å². The van der Waals surface area contributed by atoms with Crippen molar-refractivity contribution in [2.75, 3.05) is 26.6 Å². The van der Waals surface area contributed by atoms with Gasteiger partial charge in [-0.05, 0) is 62.9 Å². The van der Waals surface area contributed by atoms with Crippen LogP contribution in [0.5, 0.6) is 5.75 Å². The number of ether oxygens (including phenoxy) is 3. The highest BCUT2D eigenvalue weighted by atomic mass is 32.2. The lowest BCUT2D eigenvalue weighted by Crippen LogP contribution is -2.34. The number of esters is 2. The number of hydrogen-bond donors (Lipinski definition) is 2. The topological polar surface area (TPSA) is 103 Å². The lowest BCUT2D eigenvalue weighted by atomic mass is 9.77. The molecule has 0 aliphatic carbocycles. The van der Waals surface area contributed by atoms with E-state index in [0.717, 1.165) is 52.1 Å². The minimum atomic E-state index is -0.737. The van der Waals surface area contributed by atoms with Crippen molar-refractivity contribution in [2.24, 2.45) is 0 Å². The molecular weight excluding hydrogens is 671 g/mol. The van der Waals surface area contributed by atoms with Crippen LogP contribution < -0.4 is 10.1 Å². The molecule has 9 heteroatoms. The van der Waals surface area contributed by atoms with Crippen LogP contribution in [0, 0.1) is 6.92 Å². The summed E-state index contributed by atoms with van der Waals surface area (Å²) in [6.07, 6.45) is 19.0. The van der Waals surface area contributed by atoms with E-state index >= 15 is 0 Å². The number of rotatable bonds is 23. The number of aromatic amines is 1. The van der Waals surface area contributed by atoms with Crippen LogP contribution in [0.3, 0.4) is 0 Å². The van der Waals surface area contributed by atoms with E-state index < -0.39 is 17.9 Å². The van der Waals surface area contributed by atoms with Crippen LogP contribution >= 0.6 is 11.8 Å². The molecule has 2 N–H and O–H groups in total. The molecule has 1 aromatic heterocycles. The lowest BCUT2D eigenvalue weighted by molar-refractivity contribution is -0.139. The Hall–Kier alpha value is -3.72. The molecule has 1 atom stereocenters. The molecule has 1 aliphatic heterocycles. The first-order chi connectivity index (χ1) is 25.3. The first kappa shape index (κ1) is 41.0. The summed E-state index contributed by atoms with van der Waals surface area (Å²) in [5.41, 5.74) is 6.93. The number of methoxy groups -OCH3 is 2. The molecular formula is C43H61N3O5S. The average molecular weight is 732 g/mol. The normalized spacial score (nSPS) is 14.5. The second-order valence-electron chi connectivity index (χ2n) is 13.9. The number of unbranched alkanes of at least 4 members (excludes halogenated alkanes) is 13. The second-order valence-corrected chi connectivity index (χ2v) is 14.9. The monoisotopic (exact) mass is 731 g/mol. The number of allylic oxidation sites excluding steroid dienone is 1. The molecule has 2 heterocycles. The number of hydrogen-bond acceptors (Lipinski definition) is 8. The number of aromatic nitrogens is 2. The highest BCUT2D eigenvalue weighted by Crippen LogP contribution is 2.45. The first-order valence-corrected chi connectivity index (χ1v) is 20.5. The summed E-state index contributed by atoms with van der Waals surface area (Å²) in [5, 5.41) is 4.13. The molecule has 1 unspecified atom stereocenters. The van der Waals surface area contributed by atoms with Gasteiger partial charge in [0.2, 0.25) is 0 Å². The first-order valence-electron chi connectivity index (χ1n) is 19.5. The Morgan fingerprint density at radius 3 is 2.08 bits per heavy atom. The van der Waals surface area contributed by atoms with Crippen LogP contribution in [0.15, 0.2) is 64.1 Å². The number of fused-ring (bicyclic) bond motifs is 1. The SMILES string of the molecule is CCCCCCCCCCCCCCCCc1cccc(OC)c1C1C(C(=O)OCC)=C(C)NC(CSc2nc3ccc(C)cc3[nH]2)=C1C(=O)OC. The second kappa shape index (κ2) is 21.7. The van der Waals surface area contributed by atoms with Crippen LogP contribution in [-0.4, -0.2) is 48.5 Å². The maximum absolute atomic E-state index is 13.8. The number of thioether (sulfide) groups is 1. The quantitative estimate of drug-likeness (QED) is 0.0564. The Morgan fingerprint density at radius 1 is 0.808 bits per heavy atom. The average Bonchev–Trinajstić information content (AvgIpc) is 3.55. The Kier molecular flexibility index (Phi) is 17.1. The molecule has 4 rings (SSSR count). The van der Waals surface area contributed by atoms with Gasteiger partial charge in [0.15, 0.2) is 5.16 Å². The summed E-state index contributed by atoms with van der Waals surface area (Å²) >= 11 is 1.49. The Morgan fingerprint density at radius 2 is 1.46 bits per heavy atom. The van der Waals surface area contributed by atoms with Crippen LogP contribution in [0.4, 0.5) is 0 Å². The number of carbonyl (C=O) groups is 2. The molecule has 0 saturated carbocycles. The third-order valence-corrected chi connectivity index (χ3v) is 10.9. The number of aryl methyl sites for hydroxylation is 2. The van der Waals surface area contributed by atoms with Gasteiger partial charge >= 0.3 is 11.9 Å². The molecule has 0 fully saturated rings. The van der Waals surface area contributed by atoms with Crippen LogP contribution in [-0.2, 0) is 25.5 Å². The number of benzene rings is 2. The van der Waals surface area contributed by atoms with Crippen molar-refractivity contribution < 1.29 is 23.8 Å². The predicted molar refractivity (Wildman–Crippen MR) is 213 cm³/mol. The minimum Gasteiger partial charge on any atom is -0.496 e. The van der Waals surface area contributed by atoms with Gasteiger partial charge in [0.25, 0.3) is 0 Å². The molecule has 0 radical (unpaired) electrons. The van der Waals surface area contributed by atoms with E-state index in [-0.39, 0.29) is 6.61 Å². The predicted octanol–water partition coefficient (Wildman–Crippen LogP) is 10.6. The van der Waals surface area contributed by atoms with Gasteiger partial charge in [-0.1, -0.05) is 120 Å². The minimum absolute atomic E-state index is 0.214. The van der Waals surface area contributed by atoms with Crippen molar-refractivity contribution in [1.82, 2.24) is 15.3 Å². The van der Waals surface area contributed by atoms with Crippen molar-refractivity contribution in [3.8, 4) is 5.75 Å². The Labute approximate surface area is 315 Å². The number of dihydropyridines is 1. The van der Waals surface area contributed by atoms with Crippen LogP contribution in [0.2, 0.25) is 0 Å². The van der Waals surface area contributed by atoms with Gasteiger partial charge in [0.05, 0.1) is 48.9 Å². The summed E-state index contributed by atoms with van der Waals surface area (Å²) in [6.45, 7) is 8.19. The Balaban J connectivity index is 1.52. The van der Waals surface area contributed by atoms with Gasteiger partial charge in [0.1, 0.15) is 5.75 Å². The summed E-state index contributed by atoms with van der Waals surface area (Å²) in [6, 6.07) is 12.1. The molecule has 0 saturated heterocycles. The fourth-order valence-corrected chi connectivity index (χ4v) is 8.12. The molecule has 0 amide bonds. The maximum atomic E-state index is 13.8. The lowest BCUT2D eigenvalue weighted by Gasteiger charge is -2.33. The number of imidazole rings is 1. The van der Waals surface area contributed by atoms with E-state index in [9.17, 15) is 9.59 Å². The van der Waals surface area contributed by atoms with Gasteiger partial charge in [-0.3, -0.25) is 0 Å². The Bertz CT molecular complexity index is 1680. The molecule has 52 heavy (non-hydrogen) atoms. The van der Waals surface area contributed by atoms with Crippen molar-refractivity contribution >= 4 is 34.7 Å². The zero-order valence-electron chi connectivity index (χ0n) is 32.5. The van der Waals surface area contributed by atoms with Gasteiger partial charge < -0.3 is 24.5 Å². The summed E-state index contributed by atoms with van der Waals surface area (Å²) < 4.78 is 17.0. The van der Waals surface area contributed by atoms with Gasteiger partial charge in [-0.15, -0.1) is 0 Å². The molecule has 3 aromatic rings. The molecule has 284 valence electrons. The third-order valence-electron chi connectivity index (χ3n) is 9.98. The summed E-state index contributed by atoms with van der Waals surface area (Å²) in [4.78, 5) is 35.7. The molecule has 0 bridgehead atoms. The number of nitrogens with zero attached hydrogens (tertiary/aromatic N) is 1. The summed E-state index contributed by atoms with van der Waals surface area (Å²) in [5.74, 6) is -0.677. The van der Waals surface area contributed by atoms with E-state index in [0.29, 0.717) is 34.0 Å². The van der Waals surface area contributed by atoms with E-state index in [2.05, 4.69) is 29.4 Å². The van der Waals surface area contributed by atoms with Crippen molar-refractivity contribution in [3.05, 3.63) is 75.6 Å². The zero-order chi connectivity index (χ0) is 37.3. The van der Waals surface area contributed by atoms with Crippen LogP contribution in [0.1, 0.15) is 133 Å². The number of carbonyl (C=O) groups excluding carboxylic acids is 2. The standard InChI is InChI=1S/C43H61N3O5S/c1-7-9-10-11-12-13-14-15-16-17-18-19-20-21-23-32-24-22-25-36(49-5)38(32)40-37(42(48)51-8-2)31(4)44-35(39(40)41(47)50-6)29-52-43-45-33-27-26-30(3)28-34(33)46-43/h22,24-28,40,44H,7-21,23,29H2,1-6H3,(H,45,46). The molecule has 8 nitrogen and oxygen atoms in total. The number of nitrogens with one attached hydrogen (secondary N) is 2. The highest BCUT2D eigenvalue weighted by Gasteiger charge is 2.41. The van der Waals surface area contributed by atoms with E-state index in [1.165, 1.54) is 95.9 Å².